The van der Waals surface area contributed by atoms with E-state index in [-0.39, 0.29) is 31.0 Å². The zero-order valence-corrected chi connectivity index (χ0v) is 13.3. The minimum atomic E-state index is -1.30. The molecule has 1 atom stereocenters. The summed E-state index contributed by atoms with van der Waals surface area (Å²) >= 11 is 0. The second kappa shape index (κ2) is 5.86. The Morgan fingerprint density at radius 1 is 1.21 bits per heavy atom. The minimum absolute atomic E-state index is 0. The number of carbonyl (C=O) groups excluding carboxylic acids is 3. The predicted molar refractivity (Wildman–Crippen MR) is 65.8 cm³/mol. The first-order chi connectivity index (χ1) is 8.54. The Bertz CT molecular complexity index is 524. The Kier molecular flexibility index (Phi) is 4.90. The summed E-state index contributed by atoms with van der Waals surface area (Å²) in [7, 11) is 1.37. The molecular weight excluding hydrogens is 255 g/mol. The van der Waals surface area contributed by atoms with Gasteiger partial charge in [0.25, 0.3) is 5.91 Å². The van der Waals surface area contributed by atoms with E-state index in [1.807, 2.05) is 6.07 Å². The summed E-state index contributed by atoms with van der Waals surface area (Å²) in [4.78, 5) is 36.9. The van der Waals surface area contributed by atoms with Crippen LogP contribution in [0.4, 0.5) is 4.79 Å². The third-order valence-corrected chi connectivity index (χ3v) is 3.38. The Labute approximate surface area is 135 Å². The second-order valence-corrected chi connectivity index (χ2v) is 4.25. The molecule has 1 aliphatic heterocycles. The van der Waals surface area contributed by atoms with Crippen molar-refractivity contribution in [1.82, 2.24) is 10.2 Å². The quantitative estimate of drug-likeness (QED) is 0.507. The number of nitrogens with one attached hydrogen (secondary N) is 1. The van der Waals surface area contributed by atoms with Crippen molar-refractivity contribution in [3.63, 3.8) is 0 Å². The van der Waals surface area contributed by atoms with Crippen molar-refractivity contribution >= 4 is 17.8 Å². The van der Waals surface area contributed by atoms with E-state index in [1.165, 1.54) is 7.05 Å². The van der Waals surface area contributed by atoms with E-state index in [9.17, 15) is 14.4 Å². The number of amides is 4. The minimum Gasteiger partial charge on any atom is -1.00 e. The fraction of sp³-hybridized carbons (Fsp3) is 0.308. The van der Waals surface area contributed by atoms with Crippen molar-refractivity contribution in [3.8, 4) is 0 Å². The average Bonchev–Trinajstić information content (AvgIpc) is 2.39. The Morgan fingerprint density at radius 3 is 2.32 bits per heavy atom. The van der Waals surface area contributed by atoms with Crippen LogP contribution in [-0.4, -0.2) is 29.8 Å². The van der Waals surface area contributed by atoms with Gasteiger partial charge in [-0.3, -0.25) is 19.8 Å². The van der Waals surface area contributed by atoms with Crippen LogP contribution in [0.5, 0.6) is 0 Å². The maximum Gasteiger partial charge on any atom is 1.00 e. The molecule has 0 bridgehead atoms. The van der Waals surface area contributed by atoms with E-state index in [0.29, 0.717) is 12.0 Å². The number of imide groups is 2. The number of rotatable bonds is 2. The fourth-order valence-electron chi connectivity index (χ4n) is 2.26. The van der Waals surface area contributed by atoms with Crippen LogP contribution in [0.2, 0.25) is 0 Å². The number of hydrogen-bond donors (Lipinski definition) is 1. The SMILES string of the molecule is CCC1(c2ccccc2)C(=O)NC(=O)N(C)C1=O.[H-].[Na+]. The van der Waals surface area contributed by atoms with Crippen molar-refractivity contribution in [2.75, 3.05) is 7.05 Å². The second-order valence-electron chi connectivity index (χ2n) is 4.25. The van der Waals surface area contributed by atoms with Crippen molar-refractivity contribution in [2.45, 2.75) is 18.8 Å². The monoisotopic (exact) mass is 270 g/mol. The maximum absolute atomic E-state index is 12.3. The van der Waals surface area contributed by atoms with Crippen LogP contribution in [0.3, 0.4) is 0 Å². The summed E-state index contributed by atoms with van der Waals surface area (Å²) in [5.74, 6) is -1.03. The van der Waals surface area contributed by atoms with Crippen LogP contribution in [0.15, 0.2) is 30.3 Å². The number of barbiturate groups is 1. The third-order valence-electron chi connectivity index (χ3n) is 3.38. The van der Waals surface area contributed by atoms with Crippen LogP contribution in [-0.2, 0) is 15.0 Å². The maximum atomic E-state index is 12.3. The van der Waals surface area contributed by atoms with E-state index < -0.39 is 23.3 Å². The normalized spacial score (nSPS) is 22.8. The van der Waals surface area contributed by atoms with Gasteiger partial charge >= 0.3 is 35.6 Å². The van der Waals surface area contributed by atoms with Gasteiger partial charge in [-0.1, -0.05) is 37.3 Å². The molecule has 1 heterocycles. The van der Waals surface area contributed by atoms with Crippen molar-refractivity contribution < 1.29 is 45.4 Å². The molecule has 1 aromatic rings. The van der Waals surface area contributed by atoms with E-state index in [4.69, 9.17) is 0 Å². The third kappa shape index (κ3) is 2.33. The van der Waals surface area contributed by atoms with Gasteiger partial charge in [0.2, 0.25) is 5.91 Å². The van der Waals surface area contributed by atoms with E-state index >= 15 is 0 Å². The summed E-state index contributed by atoms with van der Waals surface area (Å²) in [5.41, 5.74) is -0.696. The molecule has 1 N–H and O–H groups in total. The molecule has 2 rings (SSSR count). The summed E-state index contributed by atoms with van der Waals surface area (Å²) in [6.07, 6.45) is 0.305. The molecule has 0 saturated carbocycles. The number of urea groups is 1. The molecule has 0 aliphatic carbocycles. The van der Waals surface area contributed by atoms with Crippen LogP contribution >= 0.6 is 0 Å². The zero-order valence-electron chi connectivity index (χ0n) is 12.3. The Morgan fingerprint density at radius 2 is 1.79 bits per heavy atom. The molecular formula is C13H15N2NaO3. The van der Waals surface area contributed by atoms with E-state index in [0.717, 1.165) is 4.90 Å². The summed E-state index contributed by atoms with van der Waals surface area (Å²) in [5, 5.41) is 2.23. The molecule has 1 aliphatic rings. The molecule has 19 heavy (non-hydrogen) atoms. The van der Waals surface area contributed by atoms with Gasteiger partial charge in [-0.15, -0.1) is 0 Å². The fourth-order valence-corrected chi connectivity index (χ4v) is 2.26. The molecule has 1 aromatic carbocycles. The predicted octanol–water partition coefficient (Wildman–Crippen LogP) is -1.84. The molecule has 5 nitrogen and oxygen atoms in total. The summed E-state index contributed by atoms with van der Waals surface area (Å²) in [6, 6.07) is 8.13. The van der Waals surface area contributed by atoms with Gasteiger partial charge in [0.05, 0.1) is 0 Å². The average molecular weight is 270 g/mol. The molecule has 4 amide bonds. The molecule has 0 radical (unpaired) electrons. The summed E-state index contributed by atoms with van der Waals surface area (Å²) in [6.45, 7) is 1.76. The van der Waals surface area contributed by atoms with Gasteiger partial charge < -0.3 is 1.43 Å². The zero-order chi connectivity index (χ0) is 13.3. The number of likely N-dealkylation sites (N-methyl/N-ethyl adjacent to an activating group) is 1. The van der Waals surface area contributed by atoms with Gasteiger partial charge in [0.15, 0.2) is 5.41 Å². The van der Waals surface area contributed by atoms with Crippen LogP contribution < -0.4 is 34.9 Å². The summed E-state index contributed by atoms with van der Waals surface area (Å²) < 4.78 is 0. The molecule has 0 aromatic heterocycles. The van der Waals surface area contributed by atoms with Crippen LogP contribution in [0.25, 0.3) is 0 Å². The van der Waals surface area contributed by atoms with Crippen LogP contribution in [0, 0.1) is 0 Å². The molecule has 0 spiro atoms. The van der Waals surface area contributed by atoms with Crippen molar-refractivity contribution in [3.05, 3.63) is 35.9 Å². The largest absolute Gasteiger partial charge is 1.00 e. The Balaban J connectivity index is 0.00000180. The molecule has 96 valence electrons. The number of benzene rings is 1. The molecule has 1 fully saturated rings. The van der Waals surface area contributed by atoms with Crippen LogP contribution in [0.1, 0.15) is 20.3 Å². The standard InChI is InChI=1S/C13H14N2O3.Na.H/c1-3-13(9-7-5-4-6-8-9)10(16)14-12(18)15(2)11(13)17;;/h4-8H,3H2,1-2H3,(H,14,16,18);;/q;+1;-1. The smallest absolute Gasteiger partial charge is 1.00 e. The van der Waals surface area contributed by atoms with Gasteiger partial charge in [-0.2, -0.15) is 0 Å². The van der Waals surface area contributed by atoms with Crippen molar-refractivity contribution in [1.29, 1.82) is 0 Å². The Hall–Kier alpha value is -1.17. The van der Waals surface area contributed by atoms with Gasteiger partial charge in [-0.25, -0.2) is 4.79 Å². The van der Waals surface area contributed by atoms with Gasteiger partial charge in [0, 0.05) is 7.05 Å². The van der Waals surface area contributed by atoms with Crippen molar-refractivity contribution in [2.24, 2.45) is 0 Å². The van der Waals surface area contributed by atoms with Gasteiger partial charge in [0.1, 0.15) is 0 Å². The molecule has 6 heteroatoms. The first-order valence-corrected chi connectivity index (χ1v) is 5.73. The van der Waals surface area contributed by atoms with E-state index in [1.54, 1.807) is 31.2 Å². The molecule has 1 saturated heterocycles. The van der Waals surface area contributed by atoms with Gasteiger partial charge in [-0.05, 0) is 12.0 Å². The number of hydrogen-bond acceptors (Lipinski definition) is 3. The number of nitrogens with zero attached hydrogens (tertiary/aromatic N) is 1. The topological polar surface area (TPSA) is 66.5 Å². The first-order valence-electron chi connectivity index (χ1n) is 5.73. The molecule has 1 unspecified atom stereocenters. The number of carbonyl (C=O) groups is 3. The van der Waals surface area contributed by atoms with E-state index in [2.05, 4.69) is 5.32 Å². The first kappa shape index (κ1) is 15.9.